The van der Waals surface area contributed by atoms with Crippen molar-refractivity contribution in [2.75, 3.05) is 31.0 Å². The zero-order valence-electron chi connectivity index (χ0n) is 18.0. The summed E-state index contributed by atoms with van der Waals surface area (Å²) in [4.78, 5) is 30.3. The Labute approximate surface area is 180 Å². The molecule has 2 heterocycles. The predicted octanol–water partition coefficient (Wildman–Crippen LogP) is 4.17. The Morgan fingerprint density at radius 3 is 2.73 bits per heavy atom. The molecule has 9 heteroatoms. The monoisotopic (exact) mass is 432 g/mol. The number of pyridine rings is 1. The third-order valence-electron chi connectivity index (χ3n) is 4.48. The molecule has 1 aliphatic rings. The van der Waals surface area contributed by atoms with Gasteiger partial charge in [-0.3, -0.25) is 0 Å². The predicted molar refractivity (Wildman–Crippen MR) is 118 cm³/mol. The molecule has 0 bridgehead atoms. The van der Waals surface area contributed by atoms with Crippen molar-refractivity contribution in [2.24, 2.45) is 0 Å². The fourth-order valence-corrected chi connectivity index (χ4v) is 3.70. The van der Waals surface area contributed by atoms with Gasteiger partial charge in [-0.05, 0) is 51.5 Å². The number of nitrogens with one attached hydrogen (secondary N) is 1. The third kappa shape index (κ3) is 4.96. The molecule has 0 radical (unpaired) electrons. The van der Waals surface area contributed by atoms with Crippen molar-refractivity contribution in [1.29, 1.82) is 0 Å². The van der Waals surface area contributed by atoms with Crippen molar-refractivity contribution >= 4 is 40.5 Å². The number of nitrogens with zero attached hydrogens (tertiary/aromatic N) is 3. The topological polar surface area (TPSA) is 84.0 Å². The Morgan fingerprint density at radius 1 is 1.30 bits per heavy atom. The lowest BCUT2D eigenvalue weighted by molar-refractivity contribution is 0.0521. The number of thioether (sulfide) groups is 1. The van der Waals surface area contributed by atoms with Crippen LogP contribution >= 0.6 is 11.8 Å². The second kappa shape index (κ2) is 9.09. The molecule has 8 nitrogen and oxygen atoms in total. The maximum Gasteiger partial charge on any atom is 0.430 e. The highest BCUT2D eigenvalue weighted by atomic mass is 32.2. The van der Waals surface area contributed by atoms with Gasteiger partial charge in [0.1, 0.15) is 5.60 Å². The van der Waals surface area contributed by atoms with Crippen LogP contribution in [0.3, 0.4) is 0 Å². The minimum Gasteiger partial charge on any atom is -0.448 e. The van der Waals surface area contributed by atoms with Gasteiger partial charge < -0.3 is 14.8 Å². The Balaban J connectivity index is 1.83. The number of hydrogen-bond acceptors (Lipinski definition) is 7. The molecule has 0 fully saturated rings. The van der Waals surface area contributed by atoms with Crippen molar-refractivity contribution in [2.45, 2.75) is 44.7 Å². The summed E-state index contributed by atoms with van der Waals surface area (Å²) in [6.07, 6.45) is 2.83. The van der Waals surface area contributed by atoms with Crippen molar-refractivity contribution in [3.8, 4) is 0 Å². The smallest absolute Gasteiger partial charge is 0.430 e. The average Bonchev–Trinajstić information content (AvgIpc) is 3.05. The maximum absolute atomic E-state index is 12.7. The van der Waals surface area contributed by atoms with Crippen LogP contribution in [0.25, 0.3) is 10.8 Å². The lowest BCUT2D eigenvalue weighted by atomic mass is 10.1. The molecule has 1 N–H and O–H groups in total. The van der Waals surface area contributed by atoms with Gasteiger partial charge in [0.25, 0.3) is 0 Å². The molecule has 0 unspecified atom stereocenters. The normalized spacial score (nSPS) is 14.0. The van der Waals surface area contributed by atoms with Crippen LogP contribution in [0, 0.1) is 0 Å². The summed E-state index contributed by atoms with van der Waals surface area (Å²) in [5.41, 5.74) is 0.400. The van der Waals surface area contributed by atoms with Crippen LogP contribution in [0.15, 0.2) is 29.3 Å². The van der Waals surface area contributed by atoms with Crippen LogP contribution in [0.1, 0.15) is 33.3 Å². The first-order chi connectivity index (χ1) is 14.2. The van der Waals surface area contributed by atoms with Gasteiger partial charge in [-0.15, -0.1) is 11.8 Å². The minimum atomic E-state index is -0.567. The van der Waals surface area contributed by atoms with Gasteiger partial charge in [0.15, 0.2) is 5.82 Å². The lowest BCUT2D eigenvalue weighted by Crippen LogP contribution is -2.46. The molecule has 0 spiro atoms. The van der Waals surface area contributed by atoms with Gasteiger partial charge in [-0.25, -0.2) is 19.6 Å². The van der Waals surface area contributed by atoms with Crippen LogP contribution in [-0.4, -0.2) is 53.7 Å². The molecule has 1 aliphatic heterocycles. The Morgan fingerprint density at radius 2 is 2.07 bits per heavy atom. The summed E-state index contributed by atoms with van der Waals surface area (Å²) >= 11 is 1.67. The molecule has 162 valence electrons. The first-order valence-corrected chi connectivity index (χ1v) is 11.1. The first kappa shape index (κ1) is 22.2. The van der Waals surface area contributed by atoms with Crippen molar-refractivity contribution in [1.82, 2.24) is 15.3 Å². The Hall–Kier alpha value is -2.52. The number of rotatable bonds is 5. The third-order valence-corrected chi connectivity index (χ3v) is 5.21. The van der Waals surface area contributed by atoms with Gasteiger partial charge >= 0.3 is 12.2 Å². The van der Waals surface area contributed by atoms with Crippen LogP contribution in [0.5, 0.6) is 0 Å². The SMILES string of the molecule is CCOC(=O)N1c2ncc3ccc(SC)cc3c2CN1CCNC(=O)OC(C)(C)C. The van der Waals surface area contributed by atoms with Gasteiger partial charge in [0, 0.05) is 41.7 Å². The van der Waals surface area contributed by atoms with Crippen LogP contribution < -0.4 is 10.3 Å². The number of aromatic nitrogens is 1. The second-order valence-electron chi connectivity index (χ2n) is 7.84. The van der Waals surface area contributed by atoms with Gasteiger partial charge in [0.2, 0.25) is 0 Å². The van der Waals surface area contributed by atoms with Crippen LogP contribution in [0.2, 0.25) is 0 Å². The van der Waals surface area contributed by atoms with Crippen molar-refractivity contribution in [3.05, 3.63) is 30.0 Å². The molecular weight excluding hydrogens is 404 g/mol. The van der Waals surface area contributed by atoms with Gasteiger partial charge in [-0.2, -0.15) is 5.01 Å². The Bertz CT molecular complexity index is 944. The molecule has 0 saturated heterocycles. The molecule has 3 rings (SSSR count). The van der Waals surface area contributed by atoms with E-state index in [2.05, 4.69) is 22.4 Å². The summed E-state index contributed by atoms with van der Waals surface area (Å²) in [6.45, 7) is 8.67. The van der Waals surface area contributed by atoms with E-state index < -0.39 is 17.8 Å². The average molecular weight is 433 g/mol. The number of amides is 2. The van der Waals surface area contributed by atoms with E-state index in [-0.39, 0.29) is 6.61 Å². The zero-order chi connectivity index (χ0) is 21.9. The quantitative estimate of drug-likeness (QED) is 0.710. The van der Waals surface area contributed by atoms with E-state index in [0.717, 1.165) is 21.2 Å². The van der Waals surface area contributed by atoms with Gasteiger partial charge in [-0.1, -0.05) is 6.07 Å². The molecule has 30 heavy (non-hydrogen) atoms. The number of anilines is 1. The molecule has 2 aromatic rings. The lowest BCUT2D eigenvalue weighted by Gasteiger charge is -2.27. The molecule has 0 saturated carbocycles. The summed E-state index contributed by atoms with van der Waals surface area (Å²) in [6, 6.07) is 6.21. The molecule has 0 aliphatic carbocycles. The summed E-state index contributed by atoms with van der Waals surface area (Å²) < 4.78 is 10.5. The number of alkyl carbamates (subject to hydrolysis) is 1. The van der Waals surface area contributed by atoms with Crippen LogP contribution in [0.4, 0.5) is 15.4 Å². The minimum absolute atomic E-state index is 0.263. The number of carbonyl (C=O) groups is 2. The van der Waals surface area contributed by atoms with Crippen LogP contribution in [-0.2, 0) is 16.0 Å². The van der Waals surface area contributed by atoms with E-state index in [1.165, 1.54) is 5.01 Å². The Kier molecular flexibility index (Phi) is 6.72. The molecule has 2 amide bonds. The molecular formula is C21H28N4O4S. The zero-order valence-corrected chi connectivity index (χ0v) is 18.8. The first-order valence-electron chi connectivity index (χ1n) is 9.87. The highest BCUT2D eigenvalue weighted by Crippen LogP contribution is 2.36. The summed E-state index contributed by atoms with van der Waals surface area (Å²) in [5, 5.41) is 8.10. The van der Waals surface area contributed by atoms with Crippen molar-refractivity contribution < 1.29 is 19.1 Å². The van der Waals surface area contributed by atoms with Crippen molar-refractivity contribution in [3.63, 3.8) is 0 Å². The largest absolute Gasteiger partial charge is 0.448 e. The molecule has 1 aromatic carbocycles. The van der Waals surface area contributed by atoms with E-state index in [0.29, 0.717) is 25.5 Å². The second-order valence-corrected chi connectivity index (χ2v) is 8.72. The van der Waals surface area contributed by atoms with E-state index in [1.807, 2.05) is 38.1 Å². The summed E-state index contributed by atoms with van der Waals surface area (Å²) in [5.74, 6) is 0.566. The highest BCUT2D eigenvalue weighted by Gasteiger charge is 2.35. The van der Waals surface area contributed by atoms with E-state index in [9.17, 15) is 9.59 Å². The van der Waals surface area contributed by atoms with E-state index in [1.54, 1.807) is 24.9 Å². The number of benzene rings is 1. The molecule has 0 atom stereocenters. The van der Waals surface area contributed by atoms with E-state index >= 15 is 0 Å². The highest BCUT2D eigenvalue weighted by molar-refractivity contribution is 7.98. The number of hydrazine groups is 1. The van der Waals surface area contributed by atoms with E-state index in [4.69, 9.17) is 9.47 Å². The fourth-order valence-electron chi connectivity index (χ4n) is 3.26. The fraction of sp³-hybridized carbons (Fsp3) is 0.476. The summed E-state index contributed by atoms with van der Waals surface area (Å²) in [7, 11) is 0. The number of carbonyl (C=O) groups excluding carboxylic acids is 2. The number of hydrogen-bond donors (Lipinski definition) is 1. The molecule has 1 aromatic heterocycles. The standard InChI is InChI=1S/C21H28N4O4S/c1-6-28-20(27)25-18-17(16-11-15(30-5)8-7-14(16)12-23-18)13-24(25)10-9-22-19(26)29-21(2,3)4/h7-8,11-12H,6,9-10,13H2,1-5H3,(H,22,26). The number of ether oxygens (including phenoxy) is 2. The maximum atomic E-state index is 12.7. The van der Waals surface area contributed by atoms with Gasteiger partial charge in [0.05, 0.1) is 6.61 Å². The number of fused-ring (bicyclic) bond motifs is 3.